The van der Waals surface area contributed by atoms with Crippen LogP contribution >= 0.6 is 11.8 Å². The number of aryl methyl sites for hydroxylation is 1. The molecule has 0 aliphatic heterocycles. The molecule has 0 bridgehead atoms. The third-order valence-corrected chi connectivity index (χ3v) is 6.35. The number of carboxylic acids is 3. The molecule has 0 aliphatic carbocycles. The Morgan fingerprint density at radius 1 is 0.757 bits per heavy atom. The number of carboxylic acid groups (broad SMARTS) is 3. The van der Waals surface area contributed by atoms with Crippen molar-refractivity contribution in [2.24, 2.45) is 0 Å². The Bertz CT molecular complexity index is 1420. The van der Waals surface area contributed by atoms with Gasteiger partial charge in [0.1, 0.15) is 0 Å². The van der Waals surface area contributed by atoms with E-state index in [0.29, 0.717) is 21.8 Å². The van der Waals surface area contributed by atoms with Crippen molar-refractivity contribution in [3.8, 4) is 0 Å². The van der Waals surface area contributed by atoms with E-state index in [1.807, 2.05) is 0 Å². The fourth-order valence-electron chi connectivity index (χ4n) is 3.28. The van der Waals surface area contributed by atoms with Gasteiger partial charge in [-0.2, -0.15) is 0 Å². The molecule has 5 N–H and O–H groups in total. The van der Waals surface area contributed by atoms with Gasteiger partial charge in [-0.1, -0.05) is 12.1 Å². The maximum absolute atomic E-state index is 12.7. The van der Waals surface area contributed by atoms with Crippen LogP contribution in [0.5, 0.6) is 0 Å². The number of hydrogen-bond donors (Lipinski definition) is 5. The van der Waals surface area contributed by atoms with Gasteiger partial charge >= 0.3 is 17.9 Å². The summed E-state index contributed by atoms with van der Waals surface area (Å²) < 4.78 is 0. The van der Waals surface area contributed by atoms with Crippen LogP contribution in [0.4, 0.5) is 11.4 Å². The SMILES string of the molecule is Cc1ccc(C(=O)O)cc1NC(=O)C(C)Sc1cccc(NC(=O)c2ccc(C(=O)O)cc2C(=O)O)c1. The summed E-state index contributed by atoms with van der Waals surface area (Å²) in [6.45, 7) is 3.42. The molecule has 0 radical (unpaired) electrons. The zero-order chi connectivity index (χ0) is 27.3. The molecular weight excluding hydrogens is 500 g/mol. The molecule has 11 heteroatoms. The molecule has 3 aromatic rings. The zero-order valence-electron chi connectivity index (χ0n) is 19.6. The zero-order valence-corrected chi connectivity index (χ0v) is 20.5. The van der Waals surface area contributed by atoms with Crippen LogP contribution in [-0.2, 0) is 4.79 Å². The lowest BCUT2D eigenvalue weighted by Crippen LogP contribution is -2.23. The summed E-state index contributed by atoms with van der Waals surface area (Å²) >= 11 is 1.20. The number of benzene rings is 3. The predicted octanol–water partition coefficient (Wildman–Crippen LogP) is 4.46. The molecule has 3 aromatic carbocycles. The monoisotopic (exact) mass is 522 g/mol. The Kier molecular flexibility index (Phi) is 8.30. The van der Waals surface area contributed by atoms with Crippen LogP contribution in [0, 0.1) is 6.92 Å². The van der Waals surface area contributed by atoms with E-state index in [-0.39, 0.29) is 22.6 Å². The third-order valence-electron chi connectivity index (χ3n) is 5.26. The van der Waals surface area contributed by atoms with E-state index in [4.69, 9.17) is 5.11 Å². The minimum absolute atomic E-state index is 0.0494. The van der Waals surface area contributed by atoms with Gasteiger partial charge in [-0.3, -0.25) is 9.59 Å². The first-order valence-corrected chi connectivity index (χ1v) is 11.7. The number of nitrogens with one attached hydrogen (secondary N) is 2. The van der Waals surface area contributed by atoms with Gasteiger partial charge in [0.2, 0.25) is 5.91 Å². The van der Waals surface area contributed by atoms with E-state index >= 15 is 0 Å². The first-order chi connectivity index (χ1) is 17.5. The second kappa shape index (κ2) is 11.4. The molecule has 0 aromatic heterocycles. The number of carbonyl (C=O) groups is 5. The molecule has 0 fully saturated rings. The summed E-state index contributed by atoms with van der Waals surface area (Å²) in [5.41, 5.74) is 0.570. The van der Waals surface area contributed by atoms with Crippen LogP contribution in [-0.4, -0.2) is 50.3 Å². The molecule has 1 atom stereocenters. The summed E-state index contributed by atoms with van der Waals surface area (Å²) in [4.78, 5) is 60.0. The standard InChI is InChI=1S/C26H22N2O8S/c1-13-6-7-16(25(33)34)11-21(13)28-22(29)14(2)37-18-5-3-4-17(12-18)27-23(30)19-9-8-15(24(31)32)10-20(19)26(35)36/h3-12,14H,1-2H3,(H,27,30)(H,28,29)(H,31,32)(H,33,34)(H,35,36). The van der Waals surface area contributed by atoms with Crippen LogP contribution in [0.1, 0.15) is 53.9 Å². The molecule has 190 valence electrons. The van der Waals surface area contributed by atoms with E-state index in [9.17, 15) is 34.2 Å². The molecule has 3 rings (SSSR count). The van der Waals surface area contributed by atoms with Crippen LogP contribution in [0.25, 0.3) is 0 Å². The summed E-state index contributed by atoms with van der Waals surface area (Å²) in [5, 5.41) is 32.4. The van der Waals surface area contributed by atoms with Gasteiger partial charge in [0.05, 0.1) is 27.5 Å². The molecule has 10 nitrogen and oxygen atoms in total. The Balaban J connectivity index is 1.72. The second-order valence-electron chi connectivity index (χ2n) is 7.94. The Hall–Kier alpha value is -4.64. The van der Waals surface area contributed by atoms with Crippen molar-refractivity contribution in [2.75, 3.05) is 10.6 Å². The van der Waals surface area contributed by atoms with Crippen molar-refractivity contribution in [2.45, 2.75) is 24.0 Å². The molecule has 2 amide bonds. The molecular formula is C26H22N2O8S. The smallest absolute Gasteiger partial charge is 0.336 e. The minimum atomic E-state index is -1.44. The maximum atomic E-state index is 12.7. The van der Waals surface area contributed by atoms with Crippen LogP contribution in [0.3, 0.4) is 0 Å². The molecule has 0 aliphatic rings. The summed E-state index contributed by atoms with van der Waals surface area (Å²) in [5.74, 6) is -4.96. The van der Waals surface area contributed by atoms with Gasteiger partial charge in [0.25, 0.3) is 5.91 Å². The fourth-order valence-corrected chi connectivity index (χ4v) is 4.21. The van der Waals surface area contributed by atoms with Gasteiger partial charge < -0.3 is 26.0 Å². The van der Waals surface area contributed by atoms with Crippen LogP contribution in [0.2, 0.25) is 0 Å². The molecule has 1 unspecified atom stereocenters. The number of carbonyl (C=O) groups excluding carboxylic acids is 2. The van der Waals surface area contributed by atoms with Gasteiger partial charge in [0.15, 0.2) is 0 Å². The van der Waals surface area contributed by atoms with Crippen molar-refractivity contribution >= 4 is 52.9 Å². The lowest BCUT2D eigenvalue weighted by Gasteiger charge is -2.15. The minimum Gasteiger partial charge on any atom is -0.478 e. The predicted molar refractivity (Wildman–Crippen MR) is 137 cm³/mol. The number of hydrogen-bond acceptors (Lipinski definition) is 6. The summed E-state index contributed by atoms with van der Waals surface area (Å²) in [7, 11) is 0. The number of rotatable bonds is 9. The second-order valence-corrected chi connectivity index (χ2v) is 9.35. The molecule has 0 saturated carbocycles. The molecule has 0 saturated heterocycles. The maximum Gasteiger partial charge on any atom is 0.336 e. The lowest BCUT2D eigenvalue weighted by atomic mass is 10.0. The van der Waals surface area contributed by atoms with Gasteiger partial charge in [-0.25, -0.2) is 14.4 Å². The van der Waals surface area contributed by atoms with E-state index in [1.54, 1.807) is 44.2 Å². The Morgan fingerprint density at radius 2 is 1.41 bits per heavy atom. The summed E-state index contributed by atoms with van der Waals surface area (Å²) in [6.07, 6.45) is 0. The highest BCUT2D eigenvalue weighted by atomic mass is 32.2. The quantitative estimate of drug-likeness (QED) is 0.255. The molecule has 0 spiro atoms. The number of aromatic carboxylic acids is 3. The highest BCUT2D eigenvalue weighted by Crippen LogP contribution is 2.28. The average Bonchev–Trinajstić information content (AvgIpc) is 2.84. The topological polar surface area (TPSA) is 170 Å². The third kappa shape index (κ3) is 6.73. The van der Waals surface area contributed by atoms with Gasteiger partial charge in [-0.15, -0.1) is 11.8 Å². The normalized spacial score (nSPS) is 11.3. The highest BCUT2D eigenvalue weighted by molar-refractivity contribution is 8.00. The first kappa shape index (κ1) is 27.0. The van der Waals surface area contributed by atoms with Gasteiger partial charge in [-0.05, 0) is 67.9 Å². The van der Waals surface area contributed by atoms with Crippen molar-refractivity contribution < 1.29 is 39.3 Å². The van der Waals surface area contributed by atoms with Crippen molar-refractivity contribution in [3.05, 3.63) is 88.5 Å². The highest BCUT2D eigenvalue weighted by Gasteiger charge is 2.20. The molecule has 37 heavy (non-hydrogen) atoms. The van der Waals surface area contributed by atoms with Crippen molar-refractivity contribution in [1.82, 2.24) is 0 Å². The van der Waals surface area contributed by atoms with Crippen LogP contribution < -0.4 is 10.6 Å². The van der Waals surface area contributed by atoms with E-state index in [1.165, 1.54) is 23.9 Å². The van der Waals surface area contributed by atoms with E-state index in [2.05, 4.69) is 10.6 Å². The van der Waals surface area contributed by atoms with E-state index < -0.39 is 34.6 Å². The molecule has 0 heterocycles. The largest absolute Gasteiger partial charge is 0.478 e. The number of thioether (sulfide) groups is 1. The fraction of sp³-hybridized carbons (Fsp3) is 0.115. The Labute approximate surface area is 215 Å². The van der Waals surface area contributed by atoms with Crippen molar-refractivity contribution in [3.63, 3.8) is 0 Å². The number of anilines is 2. The van der Waals surface area contributed by atoms with E-state index in [0.717, 1.165) is 18.2 Å². The van der Waals surface area contributed by atoms with Crippen molar-refractivity contribution in [1.29, 1.82) is 0 Å². The van der Waals surface area contributed by atoms with Gasteiger partial charge in [0, 0.05) is 16.3 Å². The Morgan fingerprint density at radius 3 is 2.05 bits per heavy atom. The first-order valence-electron chi connectivity index (χ1n) is 10.8. The lowest BCUT2D eigenvalue weighted by molar-refractivity contribution is -0.115. The average molecular weight is 523 g/mol. The number of amides is 2. The summed E-state index contributed by atoms with van der Waals surface area (Å²) in [6, 6.07) is 14.2. The van der Waals surface area contributed by atoms with Crippen LogP contribution in [0.15, 0.2) is 65.6 Å².